The van der Waals surface area contributed by atoms with Crippen LogP contribution in [0.5, 0.6) is 0 Å². The summed E-state index contributed by atoms with van der Waals surface area (Å²) >= 11 is 0. The zero-order valence-electron chi connectivity index (χ0n) is 10.7. The Balaban J connectivity index is 2.03. The van der Waals surface area contributed by atoms with Gasteiger partial charge in [-0.2, -0.15) is 17.0 Å². The van der Waals surface area contributed by atoms with Gasteiger partial charge < -0.3 is 5.11 Å². The van der Waals surface area contributed by atoms with E-state index in [-0.39, 0.29) is 18.6 Å². The van der Waals surface area contributed by atoms with Crippen LogP contribution >= 0.6 is 0 Å². The highest BCUT2D eigenvalue weighted by Gasteiger charge is 2.40. The van der Waals surface area contributed by atoms with Gasteiger partial charge in [-0.25, -0.2) is 0 Å². The van der Waals surface area contributed by atoms with Crippen LogP contribution in [0.15, 0.2) is 12.7 Å². The fraction of sp³-hybridized carbons (Fsp3) is 0.833. The van der Waals surface area contributed by atoms with Crippen LogP contribution in [0.4, 0.5) is 0 Å². The molecule has 0 aromatic carbocycles. The summed E-state index contributed by atoms with van der Waals surface area (Å²) in [5, 5.41) is 9.08. The smallest absolute Gasteiger partial charge is 0.282 e. The van der Waals surface area contributed by atoms with Crippen LogP contribution in [0.1, 0.15) is 25.7 Å². The zero-order chi connectivity index (χ0) is 13.2. The van der Waals surface area contributed by atoms with Crippen LogP contribution in [0.3, 0.4) is 0 Å². The molecule has 1 saturated carbocycles. The van der Waals surface area contributed by atoms with Crippen molar-refractivity contribution >= 4 is 10.2 Å². The van der Waals surface area contributed by atoms with Gasteiger partial charge in [0.05, 0.1) is 0 Å². The van der Waals surface area contributed by atoms with Crippen molar-refractivity contribution in [3.63, 3.8) is 0 Å². The number of aliphatic hydroxyl groups is 1. The number of hydrogen-bond donors (Lipinski definition) is 1. The first-order chi connectivity index (χ1) is 8.59. The molecule has 0 spiro atoms. The second kappa shape index (κ2) is 5.69. The number of piperidine rings is 1. The molecular formula is C12H22N2O3S. The van der Waals surface area contributed by atoms with E-state index in [0.717, 1.165) is 25.7 Å². The Morgan fingerprint density at radius 1 is 1.28 bits per heavy atom. The summed E-state index contributed by atoms with van der Waals surface area (Å²) in [6.07, 6.45) is 5.07. The topological polar surface area (TPSA) is 60.9 Å². The quantitative estimate of drug-likeness (QED) is 0.721. The van der Waals surface area contributed by atoms with E-state index < -0.39 is 10.2 Å². The minimum Gasteiger partial charge on any atom is -0.396 e. The van der Waals surface area contributed by atoms with E-state index >= 15 is 0 Å². The first-order valence-electron chi connectivity index (χ1n) is 6.58. The molecule has 104 valence electrons. The lowest BCUT2D eigenvalue weighted by molar-refractivity contribution is 0.166. The van der Waals surface area contributed by atoms with Gasteiger partial charge in [0.15, 0.2) is 0 Å². The van der Waals surface area contributed by atoms with E-state index in [2.05, 4.69) is 6.58 Å². The van der Waals surface area contributed by atoms with Crippen LogP contribution in [0, 0.1) is 5.92 Å². The van der Waals surface area contributed by atoms with Crippen LogP contribution in [-0.4, -0.2) is 54.4 Å². The lowest BCUT2D eigenvalue weighted by Gasteiger charge is -2.34. The average Bonchev–Trinajstić information content (AvgIpc) is 3.20. The van der Waals surface area contributed by atoms with E-state index in [1.165, 1.54) is 0 Å². The molecule has 0 radical (unpaired) electrons. The maximum Gasteiger partial charge on any atom is 0.282 e. The Bertz CT molecular complexity index is 384. The van der Waals surface area contributed by atoms with Crippen molar-refractivity contribution < 1.29 is 13.5 Å². The van der Waals surface area contributed by atoms with Crippen molar-refractivity contribution in [3.05, 3.63) is 12.7 Å². The number of aliphatic hydroxyl groups excluding tert-OH is 1. The minimum atomic E-state index is -3.34. The van der Waals surface area contributed by atoms with E-state index in [1.54, 1.807) is 14.7 Å². The predicted octanol–water partition coefficient (Wildman–Crippen LogP) is 0.586. The maximum absolute atomic E-state index is 12.5. The molecule has 6 heteroatoms. The largest absolute Gasteiger partial charge is 0.396 e. The first kappa shape index (κ1) is 14.0. The molecule has 1 N–H and O–H groups in total. The van der Waals surface area contributed by atoms with E-state index in [9.17, 15) is 8.42 Å². The molecule has 0 atom stereocenters. The molecule has 1 aliphatic carbocycles. The lowest BCUT2D eigenvalue weighted by Crippen LogP contribution is -2.48. The van der Waals surface area contributed by atoms with Gasteiger partial charge in [0, 0.05) is 32.3 Å². The van der Waals surface area contributed by atoms with Crippen LogP contribution < -0.4 is 0 Å². The molecule has 1 aliphatic heterocycles. The van der Waals surface area contributed by atoms with Crippen molar-refractivity contribution in [2.75, 3.05) is 26.2 Å². The zero-order valence-corrected chi connectivity index (χ0v) is 11.5. The second-order valence-electron chi connectivity index (χ2n) is 5.12. The second-order valence-corrected chi connectivity index (χ2v) is 7.00. The average molecular weight is 274 g/mol. The van der Waals surface area contributed by atoms with Crippen molar-refractivity contribution in [2.45, 2.75) is 31.7 Å². The molecule has 0 aromatic rings. The summed E-state index contributed by atoms with van der Waals surface area (Å²) in [7, 11) is -3.34. The summed E-state index contributed by atoms with van der Waals surface area (Å²) in [6, 6.07) is 0.170. The first-order valence-corrected chi connectivity index (χ1v) is 7.98. The van der Waals surface area contributed by atoms with Crippen molar-refractivity contribution in [1.29, 1.82) is 0 Å². The van der Waals surface area contributed by atoms with Gasteiger partial charge in [-0.1, -0.05) is 6.08 Å². The molecule has 0 amide bonds. The standard InChI is InChI=1S/C12H22N2O3S/c1-2-7-14(12-3-4-12)18(16,17)13-8-5-11(10-15)6-9-13/h2,11-12,15H,1,3-10H2. The molecule has 0 bridgehead atoms. The van der Waals surface area contributed by atoms with E-state index in [4.69, 9.17) is 5.11 Å². The third kappa shape index (κ3) is 2.93. The molecule has 18 heavy (non-hydrogen) atoms. The molecule has 5 nitrogen and oxygen atoms in total. The Hall–Kier alpha value is -0.430. The molecule has 2 aliphatic rings. The minimum absolute atomic E-state index is 0.160. The number of nitrogens with zero attached hydrogens (tertiary/aromatic N) is 2. The molecule has 2 rings (SSSR count). The number of hydrogen-bond acceptors (Lipinski definition) is 3. The fourth-order valence-electron chi connectivity index (χ4n) is 2.39. The highest BCUT2D eigenvalue weighted by molar-refractivity contribution is 7.86. The Morgan fingerprint density at radius 2 is 1.89 bits per heavy atom. The maximum atomic E-state index is 12.5. The van der Waals surface area contributed by atoms with Gasteiger partial charge in [0.1, 0.15) is 0 Å². The van der Waals surface area contributed by atoms with Crippen molar-refractivity contribution in [1.82, 2.24) is 8.61 Å². The van der Waals surface area contributed by atoms with Gasteiger partial charge in [-0.15, -0.1) is 6.58 Å². The van der Waals surface area contributed by atoms with Crippen LogP contribution in [0.25, 0.3) is 0 Å². The molecule has 0 aromatic heterocycles. The summed E-state index contributed by atoms with van der Waals surface area (Å²) in [4.78, 5) is 0. The molecule has 1 heterocycles. The lowest BCUT2D eigenvalue weighted by atomic mass is 10.00. The Morgan fingerprint density at radius 3 is 2.33 bits per heavy atom. The van der Waals surface area contributed by atoms with E-state index in [0.29, 0.717) is 19.6 Å². The molecule has 1 saturated heterocycles. The van der Waals surface area contributed by atoms with Crippen molar-refractivity contribution in [2.24, 2.45) is 5.92 Å². The summed E-state index contributed by atoms with van der Waals surface area (Å²) in [5.41, 5.74) is 0. The Kier molecular flexibility index (Phi) is 4.42. The van der Waals surface area contributed by atoms with Crippen molar-refractivity contribution in [3.8, 4) is 0 Å². The van der Waals surface area contributed by atoms with Gasteiger partial charge in [-0.3, -0.25) is 0 Å². The summed E-state index contributed by atoms with van der Waals surface area (Å²) in [6.45, 7) is 5.24. The van der Waals surface area contributed by atoms with Crippen LogP contribution in [0.2, 0.25) is 0 Å². The molecular weight excluding hydrogens is 252 g/mol. The van der Waals surface area contributed by atoms with Gasteiger partial charge >= 0.3 is 0 Å². The van der Waals surface area contributed by atoms with Gasteiger partial charge in [0.2, 0.25) is 0 Å². The SMILES string of the molecule is C=CCN(C1CC1)S(=O)(=O)N1CCC(CO)CC1. The predicted molar refractivity (Wildman–Crippen MR) is 70.2 cm³/mol. The third-order valence-corrected chi connectivity index (χ3v) is 5.78. The van der Waals surface area contributed by atoms with Gasteiger partial charge in [-0.05, 0) is 31.6 Å². The fourth-order valence-corrected chi connectivity index (χ4v) is 4.24. The third-order valence-electron chi connectivity index (χ3n) is 3.72. The Labute approximate surface area is 109 Å². The number of rotatable bonds is 6. The summed E-state index contributed by atoms with van der Waals surface area (Å²) in [5.74, 6) is 0.255. The van der Waals surface area contributed by atoms with E-state index in [1.807, 2.05) is 0 Å². The molecule has 0 unspecified atom stereocenters. The van der Waals surface area contributed by atoms with Crippen LogP contribution in [-0.2, 0) is 10.2 Å². The summed E-state index contributed by atoms with van der Waals surface area (Å²) < 4.78 is 28.1. The molecule has 2 fully saturated rings. The normalized spacial score (nSPS) is 23.4. The highest BCUT2D eigenvalue weighted by Crippen LogP contribution is 2.31. The monoisotopic (exact) mass is 274 g/mol. The highest BCUT2D eigenvalue weighted by atomic mass is 32.2. The van der Waals surface area contributed by atoms with Gasteiger partial charge in [0.25, 0.3) is 10.2 Å².